The molecule has 3 aromatic rings. The molecule has 1 fully saturated rings. The van der Waals surface area contributed by atoms with Crippen molar-refractivity contribution in [3.63, 3.8) is 0 Å². The average molecular weight is 343 g/mol. The highest BCUT2D eigenvalue weighted by atomic mass is 35.5. The van der Waals surface area contributed by atoms with Crippen LogP contribution in [0.15, 0.2) is 47.1 Å². The third kappa shape index (κ3) is 3.43. The molecule has 2 heterocycles. The number of halogens is 1. The van der Waals surface area contributed by atoms with Crippen LogP contribution in [-0.4, -0.2) is 46.3 Å². The minimum Gasteiger partial charge on any atom is -0.297 e. The highest BCUT2D eigenvalue weighted by Crippen LogP contribution is 2.18. The molecule has 0 saturated carbocycles. The first-order valence-electron chi connectivity index (χ1n) is 8.17. The van der Waals surface area contributed by atoms with E-state index in [0.29, 0.717) is 0 Å². The zero-order valence-corrected chi connectivity index (χ0v) is 14.1. The molecule has 1 aliphatic heterocycles. The highest BCUT2D eigenvalue weighted by Gasteiger charge is 2.18. The smallest absolute Gasteiger partial charge is 0.139 e. The number of fused-ring (bicyclic) bond motifs is 1. The summed E-state index contributed by atoms with van der Waals surface area (Å²) in [5.74, 6) is 0. The van der Waals surface area contributed by atoms with E-state index in [1.54, 1.807) is 0 Å². The van der Waals surface area contributed by atoms with Gasteiger partial charge in [0.1, 0.15) is 11.0 Å². The summed E-state index contributed by atoms with van der Waals surface area (Å²) >= 11 is 5.95. The minimum absolute atomic E-state index is 0.792. The first-order valence-corrected chi connectivity index (χ1v) is 8.55. The second kappa shape index (κ2) is 6.89. The number of benzene rings is 2. The zero-order valence-electron chi connectivity index (χ0n) is 13.4. The van der Waals surface area contributed by atoms with Crippen molar-refractivity contribution in [2.24, 2.45) is 0 Å². The van der Waals surface area contributed by atoms with Gasteiger partial charge in [-0.25, -0.2) is 4.63 Å². The largest absolute Gasteiger partial charge is 0.297 e. The minimum atomic E-state index is 0.792. The lowest BCUT2D eigenvalue weighted by Crippen LogP contribution is -2.45. The first-order chi connectivity index (χ1) is 11.8. The van der Waals surface area contributed by atoms with E-state index in [4.69, 9.17) is 16.2 Å². The van der Waals surface area contributed by atoms with Gasteiger partial charge in [0.25, 0.3) is 0 Å². The third-order valence-electron chi connectivity index (χ3n) is 4.55. The van der Waals surface area contributed by atoms with Crippen molar-refractivity contribution < 1.29 is 4.63 Å². The predicted molar refractivity (Wildman–Crippen MR) is 93.8 cm³/mol. The highest BCUT2D eigenvalue weighted by molar-refractivity contribution is 6.30. The van der Waals surface area contributed by atoms with Crippen molar-refractivity contribution in [3.05, 3.63) is 58.6 Å². The molecule has 5 nitrogen and oxygen atoms in total. The van der Waals surface area contributed by atoms with Crippen LogP contribution in [0.25, 0.3) is 11.0 Å². The maximum atomic E-state index is 5.95. The van der Waals surface area contributed by atoms with Crippen LogP contribution in [0.3, 0.4) is 0 Å². The van der Waals surface area contributed by atoms with Gasteiger partial charge >= 0.3 is 0 Å². The van der Waals surface area contributed by atoms with E-state index in [1.807, 2.05) is 24.3 Å². The van der Waals surface area contributed by atoms with Crippen molar-refractivity contribution in [1.29, 1.82) is 0 Å². The maximum absolute atomic E-state index is 5.95. The topological polar surface area (TPSA) is 45.4 Å². The Balaban J connectivity index is 1.34. The predicted octanol–water partition coefficient (Wildman–Crippen LogP) is 3.19. The summed E-state index contributed by atoms with van der Waals surface area (Å²) in [6.07, 6.45) is 0. The summed E-state index contributed by atoms with van der Waals surface area (Å²) in [5, 5.41) is 8.74. The fourth-order valence-corrected chi connectivity index (χ4v) is 3.31. The van der Waals surface area contributed by atoms with E-state index in [1.165, 1.54) is 11.1 Å². The molecule has 0 bridgehead atoms. The molecule has 0 N–H and O–H groups in total. The zero-order chi connectivity index (χ0) is 16.4. The van der Waals surface area contributed by atoms with Crippen LogP contribution >= 0.6 is 11.6 Å². The SMILES string of the molecule is Clc1ccc(CN2CCN(Cc3cccc4nonc34)CC2)cc1. The molecule has 0 radical (unpaired) electrons. The van der Waals surface area contributed by atoms with E-state index in [0.717, 1.165) is 55.3 Å². The molecule has 2 aromatic carbocycles. The Morgan fingerprint density at radius 2 is 1.58 bits per heavy atom. The van der Waals surface area contributed by atoms with Gasteiger partial charge in [0.2, 0.25) is 0 Å². The summed E-state index contributed by atoms with van der Waals surface area (Å²) in [6.45, 7) is 6.10. The van der Waals surface area contributed by atoms with Crippen LogP contribution in [0.4, 0.5) is 0 Å². The Bertz CT molecular complexity index is 809. The molecule has 1 aliphatic rings. The quantitative estimate of drug-likeness (QED) is 0.728. The van der Waals surface area contributed by atoms with Crippen LogP contribution in [0.5, 0.6) is 0 Å². The van der Waals surface area contributed by atoms with Gasteiger partial charge in [-0.05, 0) is 39.6 Å². The fraction of sp³-hybridized carbons (Fsp3) is 0.333. The second-order valence-electron chi connectivity index (χ2n) is 6.23. The Morgan fingerprint density at radius 3 is 2.33 bits per heavy atom. The molecule has 6 heteroatoms. The lowest BCUT2D eigenvalue weighted by atomic mass is 10.1. The van der Waals surface area contributed by atoms with Gasteiger partial charge in [0, 0.05) is 44.3 Å². The number of rotatable bonds is 4. The van der Waals surface area contributed by atoms with Crippen molar-refractivity contribution in [1.82, 2.24) is 20.1 Å². The standard InChI is InChI=1S/C18H19ClN4O/c19-16-6-4-14(5-7-16)12-22-8-10-23(11-9-22)13-15-2-1-3-17-18(15)21-24-20-17/h1-7H,8-13H2. The van der Waals surface area contributed by atoms with Gasteiger partial charge < -0.3 is 0 Å². The molecular formula is C18H19ClN4O. The van der Waals surface area contributed by atoms with Crippen LogP contribution in [0, 0.1) is 0 Å². The second-order valence-corrected chi connectivity index (χ2v) is 6.66. The van der Waals surface area contributed by atoms with Crippen LogP contribution < -0.4 is 0 Å². The van der Waals surface area contributed by atoms with Crippen molar-refractivity contribution >= 4 is 22.6 Å². The van der Waals surface area contributed by atoms with Gasteiger partial charge in [0.15, 0.2) is 0 Å². The Labute approximate surface area is 145 Å². The molecule has 24 heavy (non-hydrogen) atoms. The van der Waals surface area contributed by atoms with Crippen LogP contribution in [0.2, 0.25) is 5.02 Å². The Morgan fingerprint density at radius 1 is 0.875 bits per heavy atom. The van der Waals surface area contributed by atoms with Crippen molar-refractivity contribution in [2.75, 3.05) is 26.2 Å². The van der Waals surface area contributed by atoms with Crippen molar-refractivity contribution in [3.8, 4) is 0 Å². The molecule has 0 aliphatic carbocycles. The van der Waals surface area contributed by atoms with Gasteiger partial charge in [-0.1, -0.05) is 35.9 Å². The molecule has 124 valence electrons. The van der Waals surface area contributed by atoms with Crippen LogP contribution in [-0.2, 0) is 13.1 Å². The fourth-order valence-electron chi connectivity index (χ4n) is 3.18. The van der Waals surface area contributed by atoms with E-state index < -0.39 is 0 Å². The van der Waals surface area contributed by atoms with E-state index >= 15 is 0 Å². The molecule has 1 aromatic heterocycles. The number of piperazine rings is 1. The number of hydrogen-bond donors (Lipinski definition) is 0. The number of aromatic nitrogens is 2. The number of hydrogen-bond acceptors (Lipinski definition) is 5. The summed E-state index contributed by atoms with van der Waals surface area (Å²) in [5.41, 5.74) is 4.20. The molecule has 0 unspecified atom stereocenters. The molecule has 0 spiro atoms. The summed E-state index contributed by atoms with van der Waals surface area (Å²) in [7, 11) is 0. The summed E-state index contributed by atoms with van der Waals surface area (Å²) in [4.78, 5) is 4.94. The Hall–Kier alpha value is -1.95. The lowest BCUT2D eigenvalue weighted by Gasteiger charge is -2.34. The number of nitrogens with zero attached hydrogens (tertiary/aromatic N) is 4. The monoisotopic (exact) mass is 342 g/mol. The normalized spacial score (nSPS) is 16.7. The molecular weight excluding hydrogens is 324 g/mol. The van der Waals surface area contributed by atoms with Gasteiger partial charge in [-0.15, -0.1) is 0 Å². The summed E-state index contributed by atoms with van der Waals surface area (Å²) in [6, 6.07) is 14.2. The van der Waals surface area contributed by atoms with Gasteiger partial charge in [-0.3, -0.25) is 9.80 Å². The first kappa shape index (κ1) is 15.6. The molecule has 1 saturated heterocycles. The lowest BCUT2D eigenvalue weighted by molar-refractivity contribution is 0.122. The van der Waals surface area contributed by atoms with E-state index in [2.05, 4.69) is 38.3 Å². The van der Waals surface area contributed by atoms with Gasteiger partial charge in [0.05, 0.1) is 0 Å². The molecule has 4 rings (SSSR count). The van der Waals surface area contributed by atoms with E-state index in [9.17, 15) is 0 Å². The van der Waals surface area contributed by atoms with Gasteiger partial charge in [-0.2, -0.15) is 0 Å². The molecule has 0 atom stereocenters. The van der Waals surface area contributed by atoms with Crippen LogP contribution in [0.1, 0.15) is 11.1 Å². The Kier molecular flexibility index (Phi) is 4.47. The third-order valence-corrected chi connectivity index (χ3v) is 4.80. The molecule has 0 amide bonds. The average Bonchev–Trinajstić information content (AvgIpc) is 3.08. The van der Waals surface area contributed by atoms with E-state index in [-0.39, 0.29) is 0 Å². The maximum Gasteiger partial charge on any atom is 0.139 e. The summed E-state index contributed by atoms with van der Waals surface area (Å²) < 4.78 is 4.85. The van der Waals surface area contributed by atoms with Crippen molar-refractivity contribution in [2.45, 2.75) is 13.1 Å².